The van der Waals surface area contributed by atoms with Gasteiger partial charge in [0.25, 0.3) is 0 Å². The van der Waals surface area contributed by atoms with Gasteiger partial charge in [-0.05, 0) is 19.4 Å². The highest BCUT2D eigenvalue weighted by atomic mass is 32.2. The zero-order valence-corrected chi connectivity index (χ0v) is 11.8. The van der Waals surface area contributed by atoms with Crippen molar-refractivity contribution in [2.24, 2.45) is 5.73 Å². The van der Waals surface area contributed by atoms with Gasteiger partial charge in [0, 0.05) is 16.5 Å². The molecule has 0 saturated heterocycles. The molecule has 16 heavy (non-hydrogen) atoms. The van der Waals surface area contributed by atoms with Gasteiger partial charge in [-0.1, -0.05) is 50.1 Å². The molecule has 0 bridgehead atoms. The molecule has 1 aromatic rings. The zero-order chi connectivity index (χ0) is 12.3. The van der Waals surface area contributed by atoms with E-state index in [4.69, 9.17) is 5.73 Å². The molecular weight excluding hydrogens is 214 g/mol. The second-order valence-corrected chi connectivity index (χ2v) is 7.30. The van der Waals surface area contributed by atoms with Gasteiger partial charge < -0.3 is 5.73 Å². The maximum Gasteiger partial charge on any atom is 0.0387 e. The zero-order valence-electron chi connectivity index (χ0n) is 11.0. The lowest BCUT2D eigenvalue weighted by atomic mass is 10.0. The van der Waals surface area contributed by atoms with Crippen LogP contribution in [-0.2, 0) is 0 Å². The summed E-state index contributed by atoms with van der Waals surface area (Å²) in [6.07, 6.45) is 0. The van der Waals surface area contributed by atoms with Gasteiger partial charge in [0.05, 0.1) is 0 Å². The predicted octanol–water partition coefficient (Wildman–Crippen LogP) is 3.83. The highest BCUT2D eigenvalue weighted by Gasteiger charge is 2.14. The van der Waals surface area contributed by atoms with Crippen LogP contribution in [0.3, 0.4) is 0 Å². The number of benzene rings is 1. The molecule has 0 heterocycles. The minimum Gasteiger partial charge on any atom is -0.323 e. The van der Waals surface area contributed by atoms with Crippen LogP contribution >= 0.6 is 11.8 Å². The molecule has 1 nitrogen and oxygen atoms in total. The second-order valence-electron chi connectivity index (χ2n) is 5.45. The van der Waals surface area contributed by atoms with Gasteiger partial charge in [-0.2, -0.15) is 11.8 Å². The first kappa shape index (κ1) is 13.6. The lowest BCUT2D eigenvalue weighted by Gasteiger charge is -2.21. The first-order valence-corrected chi connectivity index (χ1v) is 6.74. The van der Waals surface area contributed by atoms with Crippen molar-refractivity contribution in [1.29, 1.82) is 0 Å². The molecule has 1 unspecified atom stereocenters. The number of hydrogen-bond acceptors (Lipinski definition) is 2. The smallest absolute Gasteiger partial charge is 0.0387 e. The van der Waals surface area contributed by atoms with Gasteiger partial charge in [-0.25, -0.2) is 0 Å². The van der Waals surface area contributed by atoms with E-state index >= 15 is 0 Å². The summed E-state index contributed by atoms with van der Waals surface area (Å²) in [5, 5.41) is 0. The third-order valence-corrected chi connectivity index (χ3v) is 3.76. The molecule has 0 amide bonds. The molecule has 90 valence electrons. The SMILES string of the molecule is Cc1cc(C)cc(C(N)CSC(C)(C)C)c1. The molecule has 2 N–H and O–H groups in total. The quantitative estimate of drug-likeness (QED) is 0.864. The summed E-state index contributed by atoms with van der Waals surface area (Å²) >= 11 is 1.92. The molecule has 1 atom stereocenters. The largest absolute Gasteiger partial charge is 0.323 e. The van der Waals surface area contributed by atoms with Crippen molar-refractivity contribution in [3.63, 3.8) is 0 Å². The van der Waals surface area contributed by atoms with Gasteiger partial charge in [-0.15, -0.1) is 0 Å². The molecule has 0 fully saturated rings. The predicted molar refractivity (Wildman–Crippen MR) is 75.1 cm³/mol. The topological polar surface area (TPSA) is 26.0 Å². The van der Waals surface area contributed by atoms with E-state index in [1.54, 1.807) is 0 Å². The minimum absolute atomic E-state index is 0.142. The Balaban J connectivity index is 2.69. The standard InChI is InChI=1S/C14H23NS/c1-10-6-11(2)8-12(7-10)13(15)9-16-14(3,4)5/h6-8,13H,9,15H2,1-5H3. The lowest BCUT2D eigenvalue weighted by Crippen LogP contribution is -2.18. The van der Waals surface area contributed by atoms with Crippen LogP contribution in [0.4, 0.5) is 0 Å². The average Bonchev–Trinajstić information content (AvgIpc) is 2.11. The summed E-state index contributed by atoms with van der Waals surface area (Å²) in [4.78, 5) is 0. The van der Waals surface area contributed by atoms with E-state index < -0.39 is 0 Å². The summed E-state index contributed by atoms with van der Waals surface area (Å²) in [6, 6.07) is 6.72. The van der Waals surface area contributed by atoms with Gasteiger partial charge >= 0.3 is 0 Å². The fourth-order valence-corrected chi connectivity index (χ4v) is 2.53. The van der Waals surface area contributed by atoms with E-state index in [9.17, 15) is 0 Å². The third-order valence-electron chi connectivity index (χ3n) is 2.37. The molecule has 0 spiro atoms. The van der Waals surface area contributed by atoms with Crippen molar-refractivity contribution in [2.45, 2.75) is 45.4 Å². The summed E-state index contributed by atoms with van der Waals surface area (Å²) in [6.45, 7) is 10.9. The van der Waals surface area contributed by atoms with E-state index in [1.807, 2.05) is 11.8 Å². The van der Waals surface area contributed by atoms with Crippen LogP contribution in [0.5, 0.6) is 0 Å². The summed E-state index contributed by atoms with van der Waals surface area (Å²) in [5.74, 6) is 0.979. The van der Waals surface area contributed by atoms with Crippen molar-refractivity contribution >= 4 is 11.8 Å². The van der Waals surface area contributed by atoms with Crippen LogP contribution in [0.1, 0.15) is 43.5 Å². The Kier molecular flexibility index (Phi) is 4.45. The van der Waals surface area contributed by atoms with E-state index in [-0.39, 0.29) is 10.8 Å². The maximum absolute atomic E-state index is 6.22. The van der Waals surface area contributed by atoms with Crippen molar-refractivity contribution in [2.75, 3.05) is 5.75 Å². The fourth-order valence-electron chi connectivity index (χ4n) is 1.66. The molecule has 0 aliphatic carbocycles. The molecule has 0 saturated carbocycles. The van der Waals surface area contributed by atoms with Gasteiger partial charge in [0.15, 0.2) is 0 Å². The monoisotopic (exact) mass is 237 g/mol. The van der Waals surface area contributed by atoms with Crippen LogP contribution in [0.2, 0.25) is 0 Å². The minimum atomic E-state index is 0.142. The Labute approximate surface area is 104 Å². The third kappa shape index (κ3) is 4.58. The van der Waals surface area contributed by atoms with Crippen LogP contribution < -0.4 is 5.73 Å². The van der Waals surface area contributed by atoms with Crippen LogP contribution in [0, 0.1) is 13.8 Å². The molecule has 0 aliphatic heterocycles. The van der Waals surface area contributed by atoms with E-state index in [1.165, 1.54) is 16.7 Å². The fraction of sp³-hybridized carbons (Fsp3) is 0.571. The molecular formula is C14H23NS. The van der Waals surface area contributed by atoms with Gasteiger partial charge in [0.2, 0.25) is 0 Å². The number of thioether (sulfide) groups is 1. The van der Waals surface area contributed by atoms with E-state index in [2.05, 4.69) is 52.8 Å². The average molecular weight is 237 g/mol. The number of aryl methyl sites for hydroxylation is 2. The molecule has 1 rings (SSSR count). The Morgan fingerprint density at radius 2 is 1.62 bits per heavy atom. The normalized spacial score (nSPS) is 13.9. The lowest BCUT2D eigenvalue weighted by molar-refractivity contribution is 0.778. The number of hydrogen-bond donors (Lipinski definition) is 1. The number of rotatable bonds is 3. The van der Waals surface area contributed by atoms with Crippen molar-refractivity contribution in [1.82, 2.24) is 0 Å². The molecule has 0 aliphatic rings. The Hall–Kier alpha value is -0.470. The highest BCUT2D eigenvalue weighted by molar-refractivity contribution is 8.00. The summed E-state index contributed by atoms with van der Waals surface area (Å²) < 4.78 is 0.288. The maximum atomic E-state index is 6.22. The van der Waals surface area contributed by atoms with Crippen LogP contribution in [0.25, 0.3) is 0 Å². The van der Waals surface area contributed by atoms with Crippen molar-refractivity contribution < 1.29 is 0 Å². The highest BCUT2D eigenvalue weighted by Crippen LogP contribution is 2.27. The first-order chi connectivity index (χ1) is 7.28. The van der Waals surface area contributed by atoms with Gasteiger partial charge in [0.1, 0.15) is 0 Å². The Morgan fingerprint density at radius 1 is 1.12 bits per heavy atom. The molecule has 2 heteroatoms. The van der Waals surface area contributed by atoms with Gasteiger partial charge in [-0.3, -0.25) is 0 Å². The second kappa shape index (κ2) is 5.24. The van der Waals surface area contributed by atoms with Crippen LogP contribution in [0.15, 0.2) is 18.2 Å². The number of nitrogens with two attached hydrogens (primary N) is 1. The van der Waals surface area contributed by atoms with Crippen LogP contribution in [-0.4, -0.2) is 10.5 Å². The molecule has 1 aromatic carbocycles. The summed E-state index contributed by atoms with van der Waals surface area (Å²) in [7, 11) is 0. The summed E-state index contributed by atoms with van der Waals surface area (Å²) in [5.41, 5.74) is 10.1. The molecule has 0 aromatic heterocycles. The molecule has 0 radical (unpaired) electrons. The first-order valence-electron chi connectivity index (χ1n) is 5.76. The van der Waals surface area contributed by atoms with E-state index in [0.717, 1.165) is 5.75 Å². The van der Waals surface area contributed by atoms with E-state index in [0.29, 0.717) is 0 Å². The Bertz CT molecular complexity index is 332. The van der Waals surface area contributed by atoms with Crippen molar-refractivity contribution in [3.05, 3.63) is 34.9 Å². The Morgan fingerprint density at radius 3 is 2.06 bits per heavy atom. The van der Waals surface area contributed by atoms with Crippen molar-refractivity contribution in [3.8, 4) is 0 Å².